The topological polar surface area (TPSA) is 41.9 Å². The van der Waals surface area contributed by atoms with E-state index < -0.39 is 47.8 Å². The van der Waals surface area contributed by atoms with E-state index >= 15 is 0 Å². The summed E-state index contributed by atoms with van der Waals surface area (Å²) in [7, 11) is 0. The van der Waals surface area contributed by atoms with E-state index in [2.05, 4.69) is 11.6 Å². The van der Waals surface area contributed by atoms with Crippen LogP contribution in [0.5, 0.6) is 0 Å². The highest BCUT2D eigenvalue weighted by Crippen LogP contribution is 2.41. The average molecular weight is 543 g/mol. The van der Waals surface area contributed by atoms with Crippen LogP contribution in [0.25, 0.3) is 0 Å². The lowest BCUT2D eigenvalue weighted by atomic mass is 9.96. The van der Waals surface area contributed by atoms with Gasteiger partial charge in [0.05, 0.1) is 28.3 Å². The summed E-state index contributed by atoms with van der Waals surface area (Å²) in [6.07, 6.45) is -11.0. The fourth-order valence-corrected chi connectivity index (χ4v) is 5.51. The number of hydrogen-bond acceptors (Lipinski definition) is 4. The standard InChI is InChI=1S/C26H24F6N2O2S/c1-13(2)23-33-21(12-37-23)20-6-5-18(25(27,28)29)10-17(20)11-34-15(4)22(36-24(34)35)16-7-14(3)8-19(9-16)26(30,31)32/h5-10,15,21-22H,1,11-12H2,2-4H3/t15-,21?,22-/m0/s1. The van der Waals surface area contributed by atoms with Gasteiger partial charge in [-0.15, -0.1) is 11.8 Å². The molecule has 2 aliphatic heterocycles. The number of amides is 1. The van der Waals surface area contributed by atoms with Crippen LogP contribution in [-0.2, 0) is 23.6 Å². The number of aliphatic imine (C=N–C) groups is 1. The van der Waals surface area contributed by atoms with Gasteiger partial charge in [-0.25, -0.2) is 4.79 Å². The first-order chi connectivity index (χ1) is 17.1. The summed E-state index contributed by atoms with van der Waals surface area (Å²) in [4.78, 5) is 18.6. The fourth-order valence-electron chi connectivity index (χ4n) is 4.49. The maximum Gasteiger partial charge on any atom is 0.416 e. The van der Waals surface area contributed by atoms with Gasteiger partial charge >= 0.3 is 18.4 Å². The summed E-state index contributed by atoms with van der Waals surface area (Å²) in [6.45, 7) is 8.54. The van der Waals surface area contributed by atoms with E-state index in [4.69, 9.17) is 4.74 Å². The highest BCUT2D eigenvalue weighted by molar-refractivity contribution is 8.14. The lowest BCUT2D eigenvalue weighted by Crippen LogP contribution is -2.32. The van der Waals surface area contributed by atoms with Gasteiger partial charge in [0, 0.05) is 12.3 Å². The predicted molar refractivity (Wildman–Crippen MR) is 129 cm³/mol. The first kappa shape index (κ1) is 27.1. The Morgan fingerprint density at radius 1 is 1.11 bits per heavy atom. The molecular weight excluding hydrogens is 518 g/mol. The molecule has 11 heteroatoms. The van der Waals surface area contributed by atoms with E-state index in [9.17, 15) is 31.1 Å². The molecule has 0 saturated carbocycles. The molecule has 2 aromatic carbocycles. The van der Waals surface area contributed by atoms with Gasteiger partial charge in [-0.05, 0) is 67.3 Å². The van der Waals surface area contributed by atoms with Crippen LogP contribution >= 0.6 is 11.8 Å². The maximum atomic E-state index is 13.5. The van der Waals surface area contributed by atoms with Crippen LogP contribution < -0.4 is 0 Å². The third kappa shape index (κ3) is 5.66. The molecule has 0 radical (unpaired) electrons. The van der Waals surface area contributed by atoms with E-state index in [0.29, 0.717) is 21.9 Å². The second-order valence-electron chi connectivity index (χ2n) is 9.26. The molecule has 4 nitrogen and oxygen atoms in total. The third-order valence-electron chi connectivity index (χ3n) is 6.33. The Bertz CT molecular complexity index is 1270. The normalized spacial score (nSPS) is 22.3. The molecule has 2 aromatic rings. The van der Waals surface area contributed by atoms with Gasteiger partial charge < -0.3 is 4.74 Å². The Morgan fingerprint density at radius 2 is 1.78 bits per heavy atom. The molecule has 1 unspecified atom stereocenters. The molecule has 1 fully saturated rings. The zero-order valence-corrected chi connectivity index (χ0v) is 21.0. The van der Waals surface area contributed by atoms with E-state index in [0.717, 1.165) is 29.8 Å². The summed E-state index contributed by atoms with van der Waals surface area (Å²) >= 11 is 1.45. The van der Waals surface area contributed by atoms with Crippen molar-refractivity contribution in [3.05, 3.63) is 81.9 Å². The number of nitrogens with zero attached hydrogens (tertiary/aromatic N) is 2. The van der Waals surface area contributed by atoms with Crippen LogP contribution in [0.2, 0.25) is 0 Å². The highest BCUT2D eigenvalue weighted by Gasteiger charge is 2.42. The fraction of sp³-hybridized carbons (Fsp3) is 0.385. The maximum absolute atomic E-state index is 13.5. The van der Waals surface area contributed by atoms with Crippen molar-refractivity contribution < 1.29 is 35.9 Å². The van der Waals surface area contributed by atoms with Gasteiger partial charge in [-0.2, -0.15) is 26.3 Å². The summed E-state index contributed by atoms with van der Waals surface area (Å²) < 4.78 is 86.1. The number of aryl methyl sites for hydroxylation is 1. The van der Waals surface area contributed by atoms with Gasteiger partial charge in [0.15, 0.2) is 0 Å². The first-order valence-electron chi connectivity index (χ1n) is 11.4. The van der Waals surface area contributed by atoms with Crippen molar-refractivity contribution in [3.63, 3.8) is 0 Å². The number of cyclic esters (lactones) is 1. The van der Waals surface area contributed by atoms with Crippen LogP contribution in [0, 0.1) is 6.92 Å². The molecule has 0 spiro atoms. The van der Waals surface area contributed by atoms with Crippen molar-refractivity contribution in [2.24, 2.45) is 4.99 Å². The lowest BCUT2D eigenvalue weighted by molar-refractivity contribution is -0.138. The Morgan fingerprint density at radius 3 is 2.38 bits per heavy atom. The number of hydrogen-bond donors (Lipinski definition) is 0. The number of carbonyl (C=O) groups is 1. The van der Waals surface area contributed by atoms with Gasteiger partial charge in [0.25, 0.3) is 0 Å². The minimum atomic E-state index is -4.60. The average Bonchev–Trinajstić information content (AvgIpc) is 3.38. The Balaban J connectivity index is 1.68. The number of rotatable bonds is 5. The number of thioether (sulfide) groups is 1. The van der Waals surface area contributed by atoms with Crippen LogP contribution in [0.15, 0.2) is 53.5 Å². The number of alkyl halides is 6. The van der Waals surface area contributed by atoms with Crippen molar-refractivity contribution in [2.45, 2.75) is 57.9 Å². The summed E-state index contributed by atoms with van der Waals surface area (Å²) in [6, 6.07) is 5.63. The molecule has 2 heterocycles. The molecular formula is C26H24F6N2O2S. The van der Waals surface area contributed by atoms with E-state index in [1.165, 1.54) is 35.7 Å². The molecule has 0 N–H and O–H groups in total. The van der Waals surface area contributed by atoms with Crippen molar-refractivity contribution in [2.75, 3.05) is 5.75 Å². The molecule has 3 atom stereocenters. The van der Waals surface area contributed by atoms with Crippen LogP contribution in [0.3, 0.4) is 0 Å². The Labute approximate surface area is 214 Å². The molecule has 1 saturated heterocycles. The summed E-state index contributed by atoms with van der Waals surface area (Å²) in [5.41, 5.74) is 0.309. The SMILES string of the molecule is C=C(C)C1=NC(c2ccc(C(F)(F)F)cc2CN2C(=O)O[C@H](c3cc(C)cc(C(F)(F)F)c3)[C@@H]2C)CS1. The van der Waals surface area contributed by atoms with Crippen LogP contribution in [-0.4, -0.2) is 27.8 Å². The second-order valence-corrected chi connectivity index (χ2v) is 10.3. The monoisotopic (exact) mass is 542 g/mol. The van der Waals surface area contributed by atoms with Crippen LogP contribution in [0.1, 0.15) is 59.4 Å². The van der Waals surface area contributed by atoms with Gasteiger partial charge in [0.2, 0.25) is 0 Å². The number of carbonyl (C=O) groups excluding carboxylic acids is 1. The van der Waals surface area contributed by atoms with Gasteiger partial charge in [-0.3, -0.25) is 9.89 Å². The molecule has 0 aromatic heterocycles. The number of halogens is 6. The van der Waals surface area contributed by atoms with Crippen LogP contribution in [0.4, 0.5) is 31.1 Å². The molecule has 0 aliphatic carbocycles. The number of ether oxygens (including phenoxy) is 1. The van der Waals surface area contributed by atoms with E-state index in [-0.39, 0.29) is 17.7 Å². The molecule has 37 heavy (non-hydrogen) atoms. The largest absolute Gasteiger partial charge is 0.439 e. The van der Waals surface area contributed by atoms with Crippen molar-refractivity contribution >= 4 is 22.9 Å². The third-order valence-corrected chi connectivity index (χ3v) is 7.54. The van der Waals surface area contributed by atoms with Gasteiger partial charge in [0.1, 0.15) is 6.10 Å². The zero-order chi connectivity index (χ0) is 27.3. The summed E-state index contributed by atoms with van der Waals surface area (Å²) in [5, 5.41) is 0.713. The van der Waals surface area contributed by atoms with Crippen molar-refractivity contribution in [3.8, 4) is 0 Å². The molecule has 2 aliphatic rings. The smallest absolute Gasteiger partial charge is 0.416 e. The highest BCUT2D eigenvalue weighted by atomic mass is 32.2. The minimum absolute atomic E-state index is 0.169. The minimum Gasteiger partial charge on any atom is -0.439 e. The molecule has 198 valence electrons. The first-order valence-corrected chi connectivity index (χ1v) is 12.4. The van der Waals surface area contributed by atoms with E-state index in [1.54, 1.807) is 13.8 Å². The Hall–Kier alpha value is -2.95. The quantitative estimate of drug-likeness (QED) is 0.361. The lowest BCUT2D eigenvalue weighted by Gasteiger charge is -2.24. The predicted octanol–water partition coefficient (Wildman–Crippen LogP) is 7.88. The van der Waals surface area contributed by atoms with E-state index in [1.807, 2.05) is 0 Å². The van der Waals surface area contributed by atoms with Crippen molar-refractivity contribution in [1.82, 2.24) is 4.90 Å². The summed E-state index contributed by atoms with van der Waals surface area (Å²) in [5.74, 6) is 0.507. The second kappa shape index (κ2) is 9.74. The zero-order valence-electron chi connectivity index (χ0n) is 20.2. The molecule has 1 amide bonds. The number of benzene rings is 2. The Kier molecular flexibility index (Phi) is 7.13. The molecule has 4 rings (SSSR count). The molecule has 0 bridgehead atoms. The van der Waals surface area contributed by atoms with Gasteiger partial charge in [-0.1, -0.05) is 24.3 Å². The van der Waals surface area contributed by atoms with Crippen molar-refractivity contribution in [1.29, 1.82) is 0 Å².